The van der Waals surface area contributed by atoms with Gasteiger partial charge in [0.1, 0.15) is 6.26 Å². The average Bonchev–Trinajstić information content (AvgIpc) is 3.13. The van der Waals surface area contributed by atoms with Crippen LogP contribution in [0.5, 0.6) is 0 Å². The smallest absolute Gasteiger partial charge is 0.276 e. The lowest BCUT2D eigenvalue weighted by Gasteiger charge is -2.54. The van der Waals surface area contributed by atoms with Crippen LogP contribution in [0.3, 0.4) is 0 Å². The number of nitrogens with zero attached hydrogens (tertiary/aromatic N) is 2. The molecule has 2 N–H and O–H groups in total. The van der Waals surface area contributed by atoms with E-state index >= 15 is 0 Å². The second-order valence-electron chi connectivity index (χ2n) is 7.25. The molecule has 3 saturated heterocycles. The number of fused-ring (bicyclic) bond motifs is 3. The van der Waals surface area contributed by atoms with E-state index in [1.54, 1.807) is 0 Å². The minimum Gasteiger partial charge on any atom is -0.448 e. The fraction of sp³-hybridized carbons (Fsp3) is 0.765. The number of hydrogen-bond donors (Lipinski definition) is 1. The van der Waals surface area contributed by atoms with E-state index in [1.807, 2.05) is 4.90 Å². The summed E-state index contributed by atoms with van der Waals surface area (Å²) in [6.45, 7) is 2.83. The largest absolute Gasteiger partial charge is 0.448 e. The number of oxazole rings is 1. The van der Waals surface area contributed by atoms with Crippen molar-refractivity contribution in [3.63, 3.8) is 0 Å². The van der Waals surface area contributed by atoms with E-state index in [0.717, 1.165) is 45.4 Å². The molecule has 126 valence electrons. The number of hydrogen-bond acceptors (Lipinski definition) is 5. The van der Waals surface area contributed by atoms with Crippen LogP contribution in [-0.4, -0.2) is 47.6 Å². The van der Waals surface area contributed by atoms with Crippen LogP contribution in [0.25, 0.3) is 0 Å². The Morgan fingerprint density at radius 3 is 2.74 bits per heavy atom. The van der Waals surface area contributed by atoms with Crippen molar-refractivity contribution in [3.05, 3.63) is 17.8 Å². The number of ether oxygens (including phenoxy) is 1. The van der Waals surface area contributed by atoms with Crippen LogP contribution < -0.4 is 5.73 Å². The molecule has 3 aliphatic heterocycles. The quantitative estimate of drug-likeness (QED) is 0.920. The van der Waals surface area contributed by atoms with Crippen LogP contribution in [-0.2, 0) is 4.74 Å². The first-order valence-electron chi connectivity index (χ1n) is 8.77. The van der Waals surface area contributed by atoms with Gasteiger partial charge in [0.2, 0.25) is 0 Å². The molecule has 6 heteroatoms. The predicted molar refractivity (Wildman–Crippen MR) is 84.1 cm³/mol. The molecular weight excluding hydrogens is 294 g/mol. The molecule has 1 aliphatic carbocycles. The first kappa shape index (κ1) is 15.1. The van der Waals surface area contributed by atoms with Crippen molar-refractivity contribution in [2.75, 3.05) is 26.3 Å². The van der Waals surface area contributed by atoms with Crippen molar-refractivity contribution in [2.24, 2.45) is 11.7 Å². The van der Waals surface area contributed by atoms with E-state index in [1.165, 1.54) is 19.1 Å². The summed E-state index contributed by atoms with van der Waals surface area (Å²) in [5.74, 6) is 1.56. The zero-order valence-electron chi connectivity index (χ0n) is 13.5. The van der Waals surface area contributed by atoms with Crippen LogP contribution in [0.4, 0.5) is 0 Å². The topological polar surface area (TPSA) is 81.6 Å². The molecule has 5 rings (SSSR count). The predicted octanol–water partition coefficient (Wildman–Crippen LogP) is 1.91. The Bertz CT molecular complexity index is 571. The Labute approximate surface area is 136 Å². The van der Waals surface area contributed by atoms with Gasteiger partial charge in [-0.1, -0.05) is 0 Å². The molecule has 6 nitrogen and oxygen atoms in total. The van der Waals surface area contributed by atoms with E-state index in [0.29, 0.717) is 24.0 Å². The first-order chi connectivity index (χ1) is 11.2. The van der Waals surface area contributed by atoms with Crippen molar-refractivity contribution < 1.29 is 13.9 Å². The number of rotatable bonds is 3. The van der Waals surface area contributed by atoms with Gasteiger partial charge in [0.25, 0.3) is 5.91 Å². The molecule has 2 bridgehead atoms. The fourth-order valence-electron chi connectivity index (χ4n) is 4.39. The molecule has 0 atom stereocenters. The van der Waals surface area contributed by atoms with Gasteiger partial charge in [0.05, 0.1) is 5.54 Å². The first-order valence-corrected chi connectivity index (χ1v) is 8.77. The van der Waals surface area contributed by atoms with E-state index in [2.05, 4.69) is 4.98 Å². The second-order valence-corrected chi connectivity index (χ2v) is 7.25. The van der Waals surface area contributed by atoms with Crippen LogP contribution in [0.1, 0.15) is 60.8 Å². The summed E-state index contributed by atoms with van der Waals surface area (Å²) >= 11 is 0. The Morgan fingerprint density at radius 1 is 1.30 bits per heavy atom. The highest BCUT2D eigenvalue weighted by molar-refractivity contribution is 5.92. The Hall–Kier alpha value is -1.40. The third kappa shape index (κ3) is 2.58. The van der Waals surface area contributed by atoms with Crippen molar-refractivity contribution >= 4 is 5.91 Å². The van der Waals surface area contributed by atoms with Gasteiger partial charge in [-0.2, -0.15) is 0 Å². The summed E-state index contributed by atoms with van der Waals surface area (Å²) < 4.78 is 11.0. The highest BCUT2D eigenvalue weighted by Crippen LogP contribution is 2.43. The zero-order chi connectivity index (χ0) is 15.9. The number of nitrogens with two attached hydrogens (primary N) is 1. The van der Waals surface area contributed by atoms with Crippen molar-refractivity contribution in [3.8, 4) is 0 Å². The van der Waals surface area contributed by atoms with Gasteiger partial charge >= 0.3 is 0 Å². The Morgan fingerprint density at radius 2 is 2.04 bits per heavy atom. The molecule has 0 aromatic carbocycles. The monoisotopic (exact) mass is 319 g/mol. The van der Waals surface area contributed by atoms with E-state index in [4.69, 9.17) is 14.9 Å². The van der Waals surface area contributed by atoms with E-state index < -0.39 is 0 Å². The van der Waals surface area contributed by atoms with Gasteiger partial charge in [-0.15, -0.1) is 0 Å². The van der Waals surface area contributed by atoms with Crippen molar-refractivity contribution in [1.82, 2.24) is 9.88 Å². The maximum absolute atomic E-state index is 13.0. The lowest BCUT2D eigenvalue weighted by molar-refractivity contribution is -0.0156. The lowest BCUT2D eigenvalue weighted by atomic mass is 9.70. The van der Waals surface area contributed by atoms with Crippen LogP contribution in [0.2, 0.25) is 0 Å². The molecule has 4 aliphatic rings. The maximum Gasteiger partial charge on any atom is 0.276 e. The minimum absolute atomic E-state index is 0.0121. The van der Waals surface area contributed by atoms with E-state index in [-0.39, 0.29) is 17.4 Å². The summed E-state index contributed by atoms with van der Waals surface area (Å²) in [7, 11) is 0. The highest BCUT2D eigenvalue weighted by atomic mass is 16.5. The number of carbonyl (C=O) groups excluding carboxylic acids is 1. The summed E-state index contributed by atoms with van der Waals surface area (Å²) in [5, 5.41) is 0. The standard InChI is InChI=1S/C17H25N3O3/c18-11-17-5-1-12(2-6-17)9-20(17)16(21)14-10-23-15(19-14)13-3-7-22-8-4-13/h10,12-13H,1-9,11,18H2. The number of piperidine rings is 2. The molecule has 0 unspecified atom stereocenters. The SMILES string of the molecule is NCC12CCC(CC1)CN2C(=O)c1coc(C2CCOCC2)n1. The molecule has 1 amide bonds. The van der Waals surface area contributed by atoms with Crippen molar-refractivity contribution in [1.29, 1.82) is 0 Å². The molecule has 1 saturated carbocycles. The van der Waals surface area contributed by atoms with Crippen LogP contribution >= 0.6 is 0 Å². The zero-order valence-corrected chi connectivity index (χ0v) is 13.5. The fourth-order valence-corrected chi connectivity index (χ4v) is 4.39. The number of carbonyl (C=O) groups is 1. The molecule has 23 heavy (non-hydrogen) atoms. The van der Waals surface area contributed by atoms with Gasteiger partial charge in [-0.05, 0) is 44.4 Å². The third-order valence-corrected chi connectivity index (χ3v) is 5.99. The van der Waals surface area contributed by atoms with Gasteiger partial charge in [0, 0.05) is 32.2 Å². The van der Waals surface area contributed by atoms with Gasteiger partial charge in [-0.25, -0.2) is 4.98 Å². The molecule has 1 aromatic rings. The molecular formula is C17H25N3O3. The van der Waals surface area contributed by atoms with Crippen LogP contribution in [0.15, 0.2) is 10.7 Å². The normalized spacial score (nSPS) is 31.5. The summed E-state index contributed by atoms with van der Waals surface area (Å²) in [5.41, 5.74) is 6.32. The average molecular weight is 319 g/mol. The summed E-state index contributed by atoms with van der Waals surface area (Å²) in [6.07, 6.45) is 7.76. The second kappa shape index (κ2) is 5.91. The van der Waals surface area contributed by atoms with Crippen molar-refractivity contribution in [2.45, 2.75) is 50.0 Å². The molecule has 1 aromatic heterocycles. The maximum atomic E-state index is 13.0. The Balaban J connectivity index is 1.53. The lowest BCUT2D eigenvalue weighted by Crippen LogP contribution is -2.63. The van der Waals surface area contributed by atoms with E-state index in [9.17, 15) is 4.79 Å². The van der Waals surface area contributed by atoms with Gasteiger partial charge in [-0.3, -0.25) is 4.79 Å². The third-order valence-electron chi connectivity index (χ3n) is 5.99. The number of aromatic nitrogens is 1. The molecule has 4 fully saturated rings. The highest BCUT2D eigenvalue weighted by Gasteiger charge is 2.48. The van der Waals surface area contributed by atoms with Crippen LogP contribution in [0, 0.1) is 5.92 Å². The van der Waals surface area contributed by atoms with Gasteiger partial charge < -0.3 is 19.8 Å². The molecule has 4 heterocycles. The summed E-state index contributed by atoms with van der Waals surface area (Å²) in [6, 6.07) is 0. The Kier molecular flexibility index (Phi) is 3.89. The number of amides is 1. The molecule has 0 radical (unpaired) electrons. The van der Waals surface area contributed by atoms with Gasteiger partial charge in [0.15, 0.2) is 11.6 Å². The summed E-state index contributed by atoms with van der Waals surface area (Å²) in [4.78, 5) is 19.5. The molecule has 0 spiro atoms. The minimum atomic E-state index is -0.163.